The van der Waals surface area contributed by atoms with E-state index in [0.717, 1.165) is 24.3 Å². The van der Waals surface area contributed by atoms with Crippen molar-refractivity contribution in [2.45, 2.75) is 39.2 Å². The van der Waals surface area contributed by atoms with E-state index in [-0.39, 0.29) is 11.5 Å². The van der Waals surface area contributed by atoms with Crippen molar-refractivity contribution in [3.8, 4) is 0 Å². The molecule has 0 unspecified atom stereocenters. The normalized spacial score (nSPS) is 14.4. The molecule has 0 saturated heterocycles. The average Bonchev–Trinajstić information content (AvgIpc) is 3.19. The molecule has 0 radical (unpaired) electrons. The standard InChI is InChI=1S/C16H21N3O2S/c1-2-7-18(10-12-3-4-12)14(20)5-8-19-11-17-15-13(16(19)21)6-9-22-15/h6,9,11-12H,2-5,7-8,10H2,1H3. The Balaban J connectivity index is 1.65. The van der Waals surface area contributed by atoms with Gasteiger partial charge in [-0.15, -0.1) is 11.3 Å². The van der Waals surface area contributed by atoms with Crippen LogP contribution in [0.15, 0.2) is 22.6 Å². The van der Waals surface area contributed by atoms with Gasteiger partial charge in [-0.25, -0.2) is 4.98 Å². The second-order valence-corrected chi connectivity index (χ2v) is 6.81. The fourth-order valence-electron chi connectivity index (χ4n) is 2.63. The lowest BCUT2D eigenvalue weighted by atomic mass is 10.3. The quantitative estimate of drug-likeness (QED) is 0.788. The molecule has 5 nitrogen and oxygen atoms in total. The van der Waals surface area contributed by atoms with E-state index in [2.05, 4.69) is 11.9 Å². The van der Waals surface area contributed by atoms with Gasteiger partial charge in [0.25, 0.3) is 5.56 Å². The molecule has 0 spiro atoms. The van der Waals surface area contributed by atoms with Gasteiger partial charge < -0.3 is 4.90 Å². The molecule has 2 aromatic heterocycles. The van der Waals surface area contributed by atoms with Gasteiger partial charge in [0.05, 0.1) is 11.7 Å². The highest BCUT2D eigenvalue weighted by Gasteiger charge is 2.26. The molecule has 0 aromatic carbocycles. The van der Waals surface area contributed by atoms with Crippen molar-refractivity contribution in [2.24, 2.45) is 5.92 Å². The van der Waals surface area contributed by atoms with Gasteiger partial charge in [0, 0.05) is 26.1 Å². The third kappa shape index (κ3) is 3.38. The Labute approximate surface area is 133 Å². The number of nitrogens with zero attached hydrogens (tertiary/aromatic N) is 3. The van der Waals surface area contributed by atoms with Crippen molar-refractivity contribution in [3.63, 3.8) is 0 Å². The maximum Gasteiger partial charge on any atom is 0.262 e. The van der Waals surface area contributed by atoms with E-state index in [1.165, 1.54) is 24.2 Å². The lowest BCUT2D eigenvalue weighted by molar-refractivity contribution is -0.131. The Morgan fingerprint density at radius 2 is 2.32 bits per heavy atom. The number of hydrogen-bond acceptors (Lipinski definition) is 4. The van der Waals surface area contributed by atoms with Crippen LogP contribution in [0.4, 0.5) is 0 Å². The van der Waals surface area contributed by atoms with Gasteiger partial charge in [0.1, 0.15) is 4.83 Å². The lowest BCUT2D eigenvalue weighted by Crippen LogP contribution is -2.35. The van der Waals surface area contributed by atoms with Gasteiger partial charge in [0.2, 0.25) is 5.91 Å². The second kappa shape index (κ2) is 6.60. The van der Waals surface area contributed by atoms with Crippen LogP contribution in [-0.4, -0.2) is 33.4 Å². The third-order valence-corrected chi connectivity index (χ3v) is 4.86. The van der Waals surface area contributed by atoms with Crippen LogP contribution in [0, 0.1) is 5.92 Å². The molecule has 1 aliphatic carbocycles. The zero-order valence-electron chi connectivity index (χ0n) is 12.8. The van der Waals surface area contributed by atoms with E-state index in [0.29, 0.717) is 24.3 Å². The maximum atomic E-state index is 12.4. The first kappa shape index (κ1) is 15.2. The fourth-order valence-corrected chi connectivity index (χ4v) is 3.35. The van der Waals surface area contributed by atoms with Crippen molar-refractivity contribution >= 4 is 27.5 Å². The maximum absolute atomic E-state index is 12.4. The first-order valence-electron chi connectivity index (χ1n) is 7.89. The minimum absolute atomic E-state index is 0.0525. The van der Waals surface area contributed by atoms with E-state index in [1.54, 1.807) is 17.0 Å². The molecule has 2 heterocycles. The first-order valence-corrected chi connectivity index (χ1v) is 8.77. The van der Waals surface area contributed by atoms with Gasteiger partial charge in [-0.3, -0.25) is 14.2 Å². The highest BCUT2D eigenvalue weighted by Crippen LogP contribution is 2.29. The molecule has 3 rings (SSSR count). The molecular formula is C16H21N3O2S. The van der Waals surface area contributed by atoms with Crippen molar-refractivity contribution in [1.29, 1.82) is 0 Å². The molecule has 1 amide bonds. The van der Waals surface area contributed by atoms with Gasteiger partial charge >= 0.3 is 0 Å². The Kier molecular flexibility index (Phi) is 4.57. The zero-order valence-corrected chi connectivity index (χ0v) is 13.6. The van der Waals surface area contributed by atoms with Crippen molar-refractivity contribution in [3.05, 3.63) is 28.1 Å². The number of carbonyl (C=O) groups is 1. The third-order valence-electron chi connectivity index (χ3n) is 4.04. The van der Waals surface area contributed by atoms with Crippen molar-refractivity contribution in [1.82, 2.24) is 14.5 Å². The molecule has 118 valence electrons. The summed E-state index contributed by atoms with van der Waals surface area (Å²) in [5.41, 5.74) is -0.0525. The monoisotopic (exact) mass is 319 g/mol. The number of fused-ring (bicyclic) bond motifs is 1. The van der Waals surface area contributed by atoms with Gasteiger partial charge in [-0.1, -0.05) is 6.92 Å². The van der Waals surface area contributed by atoms with Crippen LogP contribution in [0.2, 0.25) is 0 Å². The second-order valence-electron chi connectivity index (χ2n) is 5.92. The molecule has 6 heteroatoms. The predicted molar refractivity (Wildman–Crippen MR) is 88.1 cm³/mol. The molecule has 0 aliphatic heterocycles. The van der Waals surface area contributed by atoms with E-state index in [9.17, 15) is 9.59 Å². The summed E-state index contributed by atoms with van der Waals surface area (Å²) in [6, 6.07) is 1.80. The van der Waals surface area contributed by atoms with Crippen LogP contribution in [-0.2, 0) is 11.3 Å². The Bertz CT molecular complexity index is 717. The molecule has 22 heavy (non-hydrogen) atoms. The Morgan fingerprint density at radius 3 is 3.05 bits per heavy atom. The highest BCUT2D eigenvalue weighted by atomic mass is 32.1. The van der Waals surface area contributed by atoms with Crippen molar-refractivity contribution in [2.75, 3.05) is 13.1 Å². The van der Waals surface area contributed by atoms with E-state index >= 15 is 0 Å². The number of hydrogen-bond donors (Lipinski definition) is 0. The molecule has 1 saturated carbocycles. The molecule has 1 aliphatic rings. The molecule has 0 bridgehead atoms. The highest BCUT2D eigenvalue weighted by molar-refractivity contribution is 7.16. The first-order chi connectivity index (χ1) is 10.7. The van der Waals surface area contributed by atoms with Gasteiger partial charge in [-0.2, -0.15) is 0 Å². The number of rotatable bonds is 7. The number of carbonyl (C=O) groups excluding carboxylic acids is 1. The van der Waals surface area contributed by atoms with Crippen molar-refractivity contribution < 1.29 is 4.79 Å². The number of amides is 1. The van der Waals surface area contributed by atoms with Gasteiger partial charge in [-0.05, 0) is 36.6 Å². The van der Waals surface area contributed by atoms with Gasteiger partial charge in [0.15, 0.2) is 0 Å². The van der Waals surface area contributed by atoms with Crippen LogP contribution in [0.25, 0.3) is 10.2 Å². The summed E-state index contributed by atoms with van der Waals surface area (Å²) in [4.78, 5) is 31.7. The summed E-state index contributed by atoms with van der Waals surface area (Å²) in [5, 5.41) is 2.51. The average molecular weight is 319 g/mol. The molecule has 0 atom stereocenters. The van der Waals surface area contributed by atoms with Crippen LogP contribution in [0.3, 0.4) is 0 Å². The Morgan fingerprint density at radius 1 is 1.50 bits per heavy atom. The minimum atomic E-state index is -0.0525. The minimum Gasteiger partial charge on any atom is -0.342 e. The summed E-state index contributed by atoms with van der Waals surface area (Å²) >= 11 is 1.46. The predicted octanol–water partition coefficient (Wildman–Crippen LogP) is 2.50. The van der Waals surface area contributed by atoms with E-state index < -0.39 is 0 Å². The summed E-state index contributed by atoms with van der Waals surface area (Å²) in [5.74, 6) is 0.841. The van der Waals surface area contributed by atoms with E-state index in [1.807, 2.05) is 10.3 Å². The van der Waals surface area contributed by atoms with Crippen LogP contribution >= 0.6 is 11.3 Å². The number of thiophene rings is 1. The number of aryl methyl sites for hydroxylation is 1. The Hall–Kier alpha value is -1.69. The SMILES string of the molecule is CCCN(CC1CC1)C(=O)CCn1cnc2sccc2c1=O. The molecule has 2 aromatic rings. The topological polar surface area (TPSA) is 55.2 Å². The zero-order chi connectivity index (χ0) is 15.5. The van der Waals surface area contributed by atoms with Crippen LogP contribution in [0.5, 0.6) is 0 Å². The summed E-state index contributed by atoms with van der Waals surface area (Å²) in [7, 11) is 0. The van der Waals surface area contributed by atoms with E-state index in [4.69, 9.17) is 0 Å². The van der Waals surface area contributed by atoms with Crippen LogP contribution in [0.1, 0.15) is 32.6 Å². The lowest BCUT2D eigenvalue weighted by Gasteiger charge is -2.22. The summed E-state index contributed by atoms with van der Waals surface area (Å²) in [6.45, 7) is 4.18. The summed E-state index contributed by atoms with van der Waals surface area (Å²) in [6.07, 6.45) is 5.38. The molecule has 0 N–H and O–H groups in total. The summed E-state index contributed by atoms with van der Waals surface area (Å²) < 4.78 is 1.55. The molecular weight excluding hydrogens is 298 g/mol. The smallest absolute Gasteiger partial charge is 0.262 e. The molecule has 1 fully saturated rings. The number of aromatic nitrogens is 2. The fraction of sp³-hybridized carbons (Fsp3) is 0.562. The largest absolute Gasteiger partial charge is 0.342 e. The van der Waals surface area contributed by atoms with Crippen LogP contribution < -0.4 is 5.56 Å².